The van der Waals surface area contributed by atoms with Gasteiger partial charge in [0, 0.05) is 23.4 Å². The zero-order chi connectivity index (χ0) is 16.8. The summed E-state index contributed by atoms with van der Waals surface area (Å²) in [6.45, 7) is 2.36. The minimum atomic E-state index is -0.324. The van der Waals surface area contributed by atoms with Gasteiger partial charge in [-0.1, -0.05) is 22.0 Å². The second kappa shape index (κ2) is 8.03. The van der Waals surface area contributed by atoms with Gasteiger partial charge in [-0.25, -0.2) is 0 Å². The third kappa shape index (κ3) is 4.74. The highest BCUT2D eigenvalue weighted by molar-refractivity contribution is 9.10. The predicted molar refractivity (Wildman–Crippen MR) is 96.6 cm³/mol. The Kier molecular flexibility index (Phi) is 6.06. The first-order valence-corrected chi connectivity index (χ1v) is 8.03. The number of carbonyl (C=O) groups excluding carboxylic acids is 1. The maximum Gasteiger partial charge on any atom is 0.261 e. The van der Waals surface area contributed by atoms with Crippen LogP contribution in [0.15, 0.2) is 41.1 Å². The van der Waals surface area contributed by atoms with Gasteiger partial charge in [-0.3, -0.25) is 15.1 Å². The van der Waals surface area contributed by atoms with Gasteiger partial charge in [0.2, 0.25) is 0 Å². The summed E-state index contributed by atoms with van der Waals surface area (Å²) >= 11 is 8.54. The number of thiocarbonyl (C=S) groups is 1. The van der Waals surface area contributed by atoms with Crippen LogP contribution in [0.2, 0.25) is 0 Å². The van der Waals surface area contributed by atoms with Crippen LogP contribution in [0.3, 0.4) is 0 Å². The fourth-order valence-electron chi connectivity index (χ4n) is 2.07. The first kappa shape index (κ1) is 17.4. The lowest BCUT2D eigenvalue weighted by atomic mass is 10.1. The number of carbonyl (C=O) groups is 1. The summed E-state index contributed by atoms with van der Waals surface area (Å²) in [5, 5.41) is 5.88. The Bertz CT molecular complexity index is 723. The van der Waals surface area contributed by atoms with Crippen LogP contribution in [0.4, 0.5) is 0 Å². The zero-order valence-electron chi connectivity index (χ0n) is 12.7. The number of nitrogens with zero attached hydrogens (tertiary/aromatic N) is 1. The van der Waals surface area contributed by atoms with Gasteiger partial charge in [0.1, 0.15) is 5.75 Å². The molecule has 0 aliphatic carbocycles. The Morgan fingerprint density at radius 3 is 2.87 bits per heavy atom. The quantitative estimate of drug-likeness (QED) is 0.781. The van der Waals surface area contributed by atoms with Crippen molar-refractivity contribution in [3.63, 3.8) is 0 Å². The number of ether oxygens (including phenoxy) is 1. The van der Waals surface area contributed by atoms with E-state index in [4.69, 9.17) is 17.0 Å². The number of amides is 1. The average molecular weight is 394 g/mol. The predicted octanol–water partition coefficient (Wildman–Crippen LogP) is 2.97. The number of benzene rings is 1. The minimum absolute atomic E-state index is 0.249. The Morgan fingerprint density at radius 2 is 2.22 bits per heavy atom. The SMILES string of the molecule is COc1c(C)cc(Br)cc1C(=O)NC(=S)NCc1cccnc1. The van der Waals surface area contributed by atoms with E-state index in [1.807, 2.05) is 25.1 Å². The number of methoxy groups -OCH3 is 1. The fraction of sp³-hybridized carbons (Fsp3) is 0.188. The minimum Gasteiger partial charge on any atom is -0.496 e. The van der Waals surface area contributed by atoms with E-state index in [0.29, 0.717) is 17.9 Å². The van der Waals surface area contributed by atoms with E-state index in [0.717, 1.165) is 15.6 Å². The van der Waals surface area contributed by atoms with E-state index in [1.165, 1.54) is 7.11 Å². The average Bonchev–Trinajstić information content (AvgIpc) is 2.53. The summed E-state index contributed by atoms with van der Waals surface area (Å²) in [6.07, 6.45) is 3.43. The summed E-state index contributed by atoms with van der Waals surface area (Å²) in [4.78, 5) is 16.4. The molecular formula is C16H16BrN3O2S. The van der Waals surface area contributed by atoms with E-state index in [-0.39, 0.29) is 11.0 Å². The number of rotatable bonds is 4. The van der Waals surface area contributed by atoms with Gasteiger partial charge < -0.3 is 10.1 Å². The molecule has 1 heterocycles. The van der Waals surface area contributed by atoms with Crippen LogP contribution < -0.4 is 15.4 Å². The standard InChI is InChI=1S/C16H16BrN3O2S/c1-10-6-12(17)7-13(14(10)22-2)15(21)20-16(23)19-9-11-4-3-5-18-8-11/h3-8H,9H2,1-2H3,(H2,19,20,21,23). The number of aryl methyl sites for hydroxylation is 1. The number of aromatic nitrogens is 1. The Labute approximate surface area is 148 Å². The van der Waals surface area contributed by atoms with Gasteiger partial charge >= 0.3 is 0 Å². The molecule has 0 atom stereocenters. The summed E-state index contributed by atoms with van der Waals surface area (Å²) in [6, 6.07) is 7.35. The van der Waals surface area contributed by atoms with Crippen molar-refractivity contribution in [2.75, 3.05) is 7.11 Å². The molecule has 0 unspecified atom stereocenters. The van der Waals surface area contributed by atoms with Crippen molar-refractivity contribution in [1.82, 2.24) is 15.6 Å². The van der Waals surface area contributed by atoms with Crippen LogP contribution in [0.1, 0.15) is 21.5 Å². The van der Waals surface area contributed by atoms with Crippen molar-refractivity contribution < 1.29 is 9.53 Å². The van der Waals surface area contributed by atoms with E-state index in [2.05, 4.69) is 31.5 Å². The van der Waals surface area contributed by atoms with Gasteiger partial charge in [0.05, 0.1) is 12.7 Å². The normalized spacial score (nSPS) is 10.0. The molecule has 2 N–H and O–H groups in total. The highest BCUT2D eigenvalue weighted by atomic mass is 79.9. The Balaban J connectivity index is 2.03. The van der Waals surface area contributed by atoms with E-state index in [1.54, 1.807) is 18.5 Å². The number of hydrogen-bond donors (Lipinski definition) is 2. The molecule has 1 amide bonds. The number of nitrogens with one attached hydrogen (secondary N) is 2. The molecule has 2 aromatic rings. The zero-order valence-corrected chi connectivity index (χ0v) is 15.1. The molecule has 0 aliphatic heterocycles. The third-order valence-electron chi connectivity index (χ3n) is 3.09. The lowest BCUT2D eigenvalue weighted by Crippen LogP contribution is -2.39. The third-order valence-corrected chi connectivity index (χ3v) is 3.80. The summed E-state index contributed by atoms with van der Waals surface area (Å²) in [5.41, 5.74) is 2.26. The van der Waals surface area contributed by atoms with Crippen LogP contribution >= 0.6 is 28.1 Å². The highest BCUT2D eigenvalue weighted by Gasteiger charge is 2.16. The molecule has 7 heteroatoms. The van der Waals surface area contributed by atoms with Crippen molar-refractivity contribution in [1.29, 1.82) is 0 Å². The van der Waals surface area contributed by atoms with Gasteiger partial charge in [-0.2, -0.15) is 0 Å². The van der Waals surface area contributed by atoms with Crippen LogP contribution in [-0.4, -0.2) is 23.1 Å². The molecule has 1 aromatic carbocycles. The Morgan fingerprint density at radius 1 is 1.43 bits per heavy atom. The number of hydrogen-bond acceptors (Lipinski definition) is 4. The van der Waals surface area contributed by atoms with Crippen molar-refractivity contribution in [3.05, 3.63) is 57.8 Å². The van der Waals surface area contributed by atoms with Crippen LogP contribution in [0, 0.1) is 6.92 Å². The summed E-state index contributed by atoms with van der Waals surface area (Å²) < 4.78 is 6.11. The smallest absolute Gasteiger partial charge is 0.261 e. The molecule has 120 valence electrons. The van der Waals surface area contributed by atoms with Gasteiger partial charge in [0.15, 0.2) is 5.11 Å². The molecule has 2 rings (SSSR count). The lowest BCUT2D eigenvalue weighted by molar-refractivity contribution is 0.0973. The van der Waals surface area contributed by atoms with Crippen molar-refractivity contribution in [2.45, 2.75) is 13.5 Å². The lowest BCUT2D eigenvalue weighted by Gasteiger charge is -2.13. The molecule has 1 aromatic heterocycles. The number of pyridine rings is 1. The van der Waals surface area contributed by atoms with Crippen molar-refractivity contribution in [2.24, 2.45) is 0 Å². The molecule has 0 aliphatic rings. The first-order chi connectivity index (χ1) is 11.0. The van der Waals surface area contributed by atoms with Gasteiger partial charge in [0.25, 0.3) is 5.91 Å². The van der Waals surface area contributed by atoms with Crippen LogP contribution in [0.5, 0.6) is 5.75 Å². The van der Waals surface area contributed by atoms with Crippen molar-refractivity contribution >= 4 is 39.2 Å². The Hall–Kier alpha value is -1.99. The fourth-order valence-corrected chi connectivity index (χ4v) is 2.81. The molecule has 23 heavy (non-hydrogen) atoms. The topological polar surface area (TPSA) is 63.2 Å². The molecule has 0 spiro atoms. The molecule has 0 radical (unpaired) electrons. The second-order valence-electron chi connectivity index (χ2n) is 4.80. The van der Waals surface area contributed by atoms with Crippen LogP contribution in [-0.2, 0) is 6.54 Å². The molecule has 0 saturated heterocycles. The van der Waals surface area contributed by atoms with Crippen molar-refractivity contribution in [3.8, 4) is 5.75 Å². The van der Waals surface area contributed by atoms with Gasteiger partial charge in [-0.05, 0) is 48.5 Å². The van der Waals surface area contributed by atoms with Gasteiger partial charge in [-0.15, -0.1) is 0 Å². The largest absolute Gasteiger partial charge is 0.496 e. The molecule has 0 fully saturated rings. The summed E-state index contributed by atoms with van der Waals surface area (Å²) in [5.74, 6) is 0.204. The molecular weight excluding hydrogens is 378 g/mol. The number of halogens is 1. The van der Waals surface area contributed by atoms with Crippen LogP contribution in [0.25, 0.3) is 0 Å². The maximum absolute atomic E-state index is 12.4. The maximum atomic E-state index is 12.4. The molecule has 5 nitrogen and oxygen atoms in total. The van der Waals surface area contributed by atoms with E-state index >= 15 is 0 Å². The monoisotopic (exact) mass is 393 g/mol. The van der Waals surface area contributed by atoms with E-state index in [9.17, 15) is 4.79 Å². The van der Waals surface area contributed by atoms with E-state index < -0.39 is 0 Å². The second-order valence-corrected chi connectivity index (χ2v) is 6.13. The first-order valence-electron chi connectivity index (χ1n) is 6.83. The highest BCUT2D eigenvalue weighted by Crippen LogP contribution is 2.27. The molecule has 0 saturated carbocycles. The molecule has 0 bridgehead atoms. The summed E-state index contributed by atoms with van der Waals surface area (Å²) in [7, 11) is 1.53.